The highest BCUT2D eigenvalue weighted by molar-refractivity contribution is 5.88. The topological polar surface area (TPSA) is 269 Å². The van der Waals surface area contributed by atoms with Gasteiger partial charge in [-0.05, 0) is 25.1 Å². The van der Waals surface area contributed by atoms with E-state index in [2.05, 4.69) is 0 Å². The standard InChI is InChI=1S/C27H30O16/c1-8-17(32)20(35)22(37)26(39-8)41-14-6-10(29)5-13-16(14)19(34)25(24(40-13)9-2-3-11(30)12(31)4-9)43-27-23(38)21(36)18(33)15(7-28)42-27/h2-6,8,15,17-18,20-23,26-33,35-38H,7H2,1H3. The molecule has 3 aromatic rings. The van der Waals surface area contributed by atoms with Crippen molar-refractivity contribution in [2.45, 2.75) is 68.3 Å². The molecule has 5 rings (SSSR count). The summed E-state index contributed by atoms with van der Waals surface area (Å²) >= 11 is 0. The fraction of sp³-hybridized carbons (Fsp3) is 0.444. The van der Waals surface area contributed by atoms with Crippen LogP contribution in [0.4, 0.5) is 0 Å². The van der Waals surface area contributed by atoms with E-state index in [-0.39, 0.29) is 11.1 Å². The number of phenolic OH excluding ortho intramolecular Hbond substituents is 3. The van der Waals surface area contributed by atoms with E-state index in [4.69, 9.17) is 23.4 Å². The lowest BCUT2D eigenvalue weighted by Gasteiger charge is -2.39. The molecule has 0 aliphatic carbocycles. The van der Waals surface area contributed by atoms with Crippen molar-refractivity contribution in [2.24, 2.45) is 0 Å². The molecule has 0 spiro atoms. The Balaban J connectivity index is 1.67. The van der Waals surface area contributed by atoms with Gasteiger partial charge in [0.2, 0.25) is 23.8 Å². The van der Waals surface area contributed by atoms with Crippen LogP contribution in [0.25, 0.3) is 22.3 Å². The Morgan fingerprint density at radius 3 is 2.07 bits per heavy atom. The number of hydrogen-bond acceptors (Lipinski definition) is 16. The molecule has 16 nitrogen and oxygen atoms in total. The van der Waals surface area contributed by atoms with Gasteiger partial charge >= 0.3 is 0 Å². The number of rotatable bonds is 6. The number of aromatic hydroxyl groups is 3. The summed E-state index contributed by atoms with van der Waals surface area (Å²) in [5, 5.41) is 101. The SMILES string of the molecule is CC1OC(Oc2cc(O)cc3oc(-c4ccc(O)c(O)c4)c(OC4OC(CO)C(O)C(O)C4O)c(=O)c23)C(O)C(O)C1O. The third-order valence-electron chi connectivity index (χ3n) is 7.27. The second-order valence-corrected chi connectivity index (χ2v) is 10.2. The van der Waals surface area contributed by atoms with E-state index in [1.165, 1.54) is 13.0 Å². The maximum atomic E-state index is 14.0. The van der Waals surface area contributed by atoms with Gasteiger partial charge in [-0.2, -0.15) is 0 Å². The largest absolute Gasteiger partial charge is 0.508 e. The number of hydrogen-bond donors (Lipinski definition) is 10. The molecule has 16 heteroatoms. The fourth-order valence-corrected chi connectivity index (χ4v) is 4.82. The summed E-state index contributed by atoms with van der Waals surface area (Å²) in [7, 11) is 0. The minimum atomic E-state index is -1.94. The van der Waals surface area contributed by atoms with Crippen LogP contribution >= 0.6 is 0 Å². The zero-order valence-corrected chi connectivity index (χ0v) is 22.3. The first-order valence-corrected chi connectivity index (χ1v) is 13.0. The van der Waals surface area contributed by atoms with E-state index in [1.807, 2.05) is 0 Å². The first-order chi connectivity index (χ1) is 20.3. The van der Waals surface area contributed by atoms with Crippen LogP contribution in [0.5, 0.6) is 28.7 Å². The first-order valence-electron chi connectivity index (χ1n) is 13.0. The molecule has 3 heterocycles. The summed E-state index contributed by atoms with van der Waals surface area (Å²) in [5.41, 5.74) is -1.39. The quantitative estimate of drug-likeness (QED) is 0.135. The predicted molar refractivity (Wildman–Crippen MR) is 140 cm³/mol. The van der Waals surface area contributed by atoms with E-state index in [0.717, 1.165) is 24.3 Å². The summed E-state index contributed by atoms with van der Waals surface area (Å²) in [5.74, 6) is -3.15. The third kappa shape index (κ3) is 5.55. The van der Waals surface area contributed by atoms with Crippen LogP contribution in [-0.2, 0) is 9.47 Å². The Bertz CT molecular complexity index is 1540. The summed E-state index contributed by atoms with van der Waals surface area (Å²) < 4.78 is 28.0. The molecule has 10 unspecified atom stereocenters. The number of phenols is 3. The third-order valence-corrected chi connectivity index (χ3v) is 7.27. The Labute approximate surface area is 241 Å². The summed E-state index contributed by atoms with van der Waals surface area (Å²) in [6.07, 6.45) is -16.4. The molecule has 234 valence electrons. The molecule has 2 aromatic carbocycles. The highest BCUT2D eigenvalue weighted by atomic mass is 16.7. The maximum absolute atomic E-state index is 14.0. The molecule has 0 radical (unpaired) electrons. The molecule has 0 bridgehead atoms. The molecule has 2 saturated heterocycles. The van der Waals surface area contributed by atoms with Crippen LogP contribution in [0, 0.1) is 0 Å². The van der Waals surface area contributed by atoms with Crippen LogP contribution in [0.3, 0.4) is 0 Å². The molecular formula is C27H30O16. The summed E-state index contributed by atoms with van der Waals surface area (Å²) in [4.78, 5) is 14.0. The van der Waals surface area contributed by atoms with Gasteiger partial charge in [0, 0.05) is 17.7 Å². The highest BCUT2D eigenvalue weighted by Gasteiger charge is 2.46. The second-order valence-electron chi connectivity index (χ2n) is 10.2. The van der Waals surface area contributed by atoms with Crippen molar-refractivity contribution >= 4 is 11.0 Å². The fourth-order valence-electron chi connectivity index (χ4n) is 4.82. The van der Waals surface area contributed by atoms with Crippen LogP contribution in [0.2, 0.25) is 0 Å². The van der Waals surface area contributed by atoms with E-state index in [9.17, 15) is 55.9 Å². The maximum Gasteiger partial charge on any atom is 0.239 e. The van der Waals surface area contributed by atoms with Crippen LogP contribution in [0.15, 0.2) is 39.5 Å². The lowest BCUT2D eigenvalue weighted by Crippen LogP contribution is -2.60. The van der Waals surface area contributed by atoms with Crippen LogP contribution in [0.1, 0.15) is 6.92 Å². The van der Waals surface area contributed by atoms with Gasteiger partial charge in [0.15, 0.2) is 17.3 Å². The van der Waals surface area contributed by atoms with Crippen molar-refractivity contribution in [3.05, 3.63) is 40.6 Å². The number of fused-ring (bicyclic) bond motifs is 1. The van der Waals surface area contributed by atoms with Gasteiger partial charge in [-0.3, -0.25) is 4.79 Å². The van der Waals surface area contributed by atoms with E-state index in [1.54, 1.807) is 0 Å². The monoisotopic (exact) mass is 610 g/mol. The molecule has 10 atom stereocenters. The normalized spacial score (nSPS) is 32.9. The summed E-state index contributed by atoms with van der Waals surface area (Å²) in [6, 6.07) is 5.33. The van der Waals surface area contributed by atoms with Gasteiger partial charge in [-0.25, -0.2) is 0 Å². The average molecular weight is 611 g/mol. The minimum Gasteiger partial charge on any atom is -0.508 e. The summed E-state index contributed by atoms with van der Waals surface area (Å²) in [6.45, 7) is 0.604. The molecule has 2 aliphatic heterocycles. The zero-order valence-electron chi connectivity index (χ0n) is 22.3. The second kappa shape index (κ2) is 11.8. The highest BCUT2D eigenvalue weighted by Crippen LogP contribution is 2.40. The van der Waals surface area contributed by atoms with Gasteiger partial charge in [-0.15, -0.1) is 0 Å². The van der Waals surface area contributed by atoms with Crippen molar-refractivity contribution in [1.29, 1.82) is 0 Å². The molecule has 10 N–H and O–H groups in total. The molecule has 0 saturated carbocycles. The zero-order chi connectivity index (χ0) is 31.3. The Kier molecular flexibility index (Phi) is 8.41. The molecular weight excluding hydrogens is 580 g/mol. The molecule has 0 amide bonds. The van der Waals surface area contributed by atoms with Gasteiger partial charge in [0.25, 0.3) is 0 Å². The Morgan fingerprint density at radius 2 is 1.42 bits per heavy atom. The first kappa shape index (κ1) is 30.7. The van der Waals surface area contributed by atoms with Gasteiger partial charge in [-0.1, -0.05) is 0 Å². The number of aliphatic hydroxyl groups is 7. The number of benzene rings is 2. The van der Waals surface area contributed by atoms with Gasteiger partial charge in [0.1, 0.15) is 65.2 Å². The van der Waals surface area contributed by atoms with Crippen LogP contribution < -0.4 is 14.9 Å². The van der Waals surface area contributed by atoms with Gasteiger partial charge < -0.3 is 74.4 Å². The van der Waals surface area contributed by atoms with Crippen molar-refractivity contribution in [3.63, 3.8) is 0 Å². The van der Waals surface area contributed by atoms with Crippen molar-refractivity contribution in [1.82, 2.24) is 0 Å². The number of aliphatic hydroxyl groups excluding tert-OH is 7. The van der Waals surface area contributed by atoms with E-state index >= 15 is 0 Å². The minimum absolute atomic E-state index is 0.0447. The molecule has 43 heavy (non-hydrogen) atoms. The van der Waals surface area contributed by atoms with Crippen LogP contribution in [-0.4, -0.2) is 119 Å². The molecule has 1 aromatic heterocycles. The van der Waals surface area contributed by atoms with Crippen molar-refractivity contribution < 1.29 is 74.4 Å². The van der Waals surface area contributed by atoms with Crippen molar-refractivity contribution in [3.8, 4) is 40.1 Å². The smallest absolute Gasteiger partial charge is 0.239 e. The molecule has 2 aliphatic rings. The number of ether oxygens (including phenoxy) is 4. The van der Waals surface area contributed by atoms with E-state index < -0.39 is 113 Å². The molecule has 2 fully saturated rings. The Morgan fingerprint density at radius 1 is 0.767 bits per heavy atom. The lowest BCUT2D eigenvalue weighted by molar-refractivity contribution is -0.277. The van der Waals surface area contributed by atoms with Gasteiger partial charge in [0.05, 0.1) is 12.7 Å². The van der Waals surface area contributed by atoms with Crippen molar-refractivity contribution in [2.75, 3.05) is 6.61 Å². The predicted octanol–water partition coefficient (Wildman–Crippen LogP) is -2.04. The van der Waals surface area contributed by atoms with E-state index in [0.29, 0.717) is 0 Å². The Hall–Kier alpha value is -3.71. The average Bonchev–Trinajstić information content (AvgIpc) is 2.97. The lowest BCUT2D eigenvalue weighted by atomic mass is 9.99.